The van der Waals surface area contributed by atoms with Crippen LogP contribution in [0.25, 0.3) is 0 Å². The van der Waals surface area contributed by atoms with Gasteiger partial charge < -0.3 is 5.32 Å². The summed E-state index contributed by atoms with van der Waals surface area (Å²) in [4.78, 5) is 10.3. The third kappa shape index (κ3) is 3.32. The van der Waals surface area contributed by atoms with Crippen LogP contribution in [0.4, 0.5) is 0 Å². The van der Waals surface area contributed by atoms with Crippen molar-refractivity contribution in [3.05, 3.63) is 27.7 Å². The Hall–Kier alpha value is -1.27. The SMILES string of the molecule is Cc1nc2n(n1)C[C@@H](NCc1cnc(C(C)(C)C)s1)CC2. The number of aryl methyl sites for hydroxylation is 2. The van der Waals surface area contributed by atoms with Crippen molar-refractivity contribution in [1.82, 2.24) is 25.1 Å². The van der Waals surface area contributed by atoms with Crippen molar-refractivity contribution >= 4 is 11.3 Å². The molecule has 0 fully saturated rings. The predicted molar refractivity (Wildman–Crippen MR) is 84.5 cm³/mol. The van der Waals surface area contributed by atoms with E-state index in [2.05, 4.69) is 41.2 Å². The van der Waals surface area contributed by atoms with Crippen LogP contribution in [0.3, 0.4) is 0 Å². The second-order valence-electron chi connectivity index (χ2n) is 6.76. The van der Waals surface area contributed by atoms with Gasteiger partial charge in [0.1, 0.15) is 11.6 Å². The smallest absolute Gasteiger partial charge is 0.147 e. The molecule has 0 unspecified atom stereocenters. The first-order valence-electron chi connectivity index (χ1n) is 7.51. The highest BCUT2D eigenvalue weighted by Gasteiger charge is 2.21. The summed E-state index contributed by atoms with van der Waals surface area (Å²) in [5.74, 6) is 2.00. The van der Waals surface area contributed by atoms with E-state index >= 15 is 0 Å². The second-order valence-corrected chi connectivity index (χ2v) is 7.87. The zero-order chi connectivity index (χ0) is 15.0. The van der Waals surface area contributed by atoms with Crippen LogP contribution in [0, 0.1) is 6.92 Å². The summed E-state index contributed by atoms with van der Waals surface area (Å²) in [5, 5.41) is 9.29. The van der Waals surface area contributed by atoms with Crippen molar-refractivity contribution in [3.8, 4) is 0 Å². The molecule has 2 aromatic rings. The van der Waals surface area contributed by atoms with Gasteiger partial charge in [-0.2, -0.15) is 5.10 Å². The molecule has 0 spiro atoms. The van der Waals surface area contributed by atoms with Crippen LogP contribution in [0.5, 0.6) is 0 Å². The van der Waals surface area contributed by atoms with Crippen molar-refractivity contribution in [3.63, 3.8) is 0 Å². The summed E-state index contributed by atoms with van der Waals surface area (Å²) in [7, 11) is 0. The quantitative estimate of drug-likeness (QED) is 0.946. The minimum absolute atomic E-state index is 0.140. The molecule has 21 heavy (non-hydrogen) atoms. The molecule has 3 rings (SSSR count). The number of nitrogens with zero attached hydrogens (tertiary/aromatic N) is 4. The molecule has 2 aromatic heterocycles. The third-order valence-electron chi connectivity index (χ3n) is 3.72. The molecule has 5 nitrogen and oxygen atoms in total. The van der Waals surface area contributed by atoms with Crippen molar-refractivity contribution in [1.29, 1.82) is 0 Å². The average Bonchev–Trinajstić information content (AvgIpc) is 3.00. The number of thiazole rings is 1. The van der Waals surface area contributed by atoms with Gasteiger partial charge in [0.15, 0.2) is 0 Å². The van der Waals surface area contributed by atoms with Gasteiger partial charge in [-0.15, -0.1) is 11.3 Å². The largest absolute Gasteiger partial charge is 0.307 e. The predicted octanol–water partition coefficient (Wildman–Crippen LogP) is 2.45. The molecule has 0 saturated carbocycles. The standard InChI is InChI=1S/C15H23N5S/c1-10-18-13-6-5-11(9-20(13)19-10)16-7-12-8-17-14(21-12)15(2,3)4/h8,11,16H,5-7,9H2,1-4H3/t11-/m0/s1. The molecule has 1 aliphatic heterocycles. The number of rotatable bonds is 3. The Balaban J connectivity index is 1.58. The van der Waals surface area contributed by atoms with E-state index in [0.717, 1.165) is 37.6 Å². The molecule has 0 saturated heterocycles. The first-order chi connectivity index (χ1) is 9.91. The third-order valence-corrected chi connectivity index (χ3v) is 5.15. The molecule has 6 heteroatoms. The monoisotopic (exact) mass is 305 g/mol. The number of aromatic nitrogens is 4. The molecular formula is C15H23N5S. The lowest BCUT2D eigenvalue weighted by Gasteiger charge is -2.23. The van der Waals surface area contributed by atoms with Crippen molar-refractivity contribution in [2.75, 3.05) is 0 Å². The van der Waals surface area contributed by atoms with E-state index in [0.29, 0.717) is 6.04 Å². The van der Waals surface area contributed by atoms with E-state index in [4.69, 9.17) is 0 Å². The van der Waals surface area contributed by atoms with Crippen LogP contribution < -0.4 is 5.32 Å². The number of nitrogens with one attached hydrogen (secondary N) is 1. The van der Waals surface area contributed by atoms with Crippen molar-refractivity contribution < 1.29 is 0 Å². The Morgan fingerprint density at radius 2 is 2.24 bits per heavy atom. The fourth-order valence-electron chi connectivity index (χ4n) is 2.58. The fraction of sp³-hybridized carbons (Fsp3) is 0.667. The van der Waals surface area contributed by atoms with Crippen molar-refractivity contribution in [2.24, 2.45) is 0 Å². The normalized spacial score (nSPS) is 18.8. The van der Waals surface area contributed by atoms with E-state index in [1.54, 1.807) is 0 Å². The van der Waals surface area contributed by atoms with Gasteiger partial charge in [-0.3, -0.25) is 0 Å². The van der Waals surface area contributed by atoms with E-state index in [1.165, 1.54) is 9.88 Å². The van der Waals surface area contributed by atoms with E-state index in [1.807, 2.05) is 29.1 Å². The van der Waals surface area contributed by atoms with E-state index in [-0.39, 0.29) is 5.41 Å². The van der Waals surface area contributed by atoms with Gasteiger partial charge in [-0.25, -0.2) is 14.6 Å². The van der Waals surface area contributed by atoms with Crippen LogP contribution >= 0.6 is 11.3 Å². The first-order valence-corrected chi connectivity index (χ1v) is 8.32. The lowest BCUT2D eigenvalue weighted by molar-refractivity contribution is 0.358. The Morgan fingerprint density at radius 3 is 2.95 bits per heavy atom. The van der Waals surface area contributed by atoms with Gasteiger partial charge in [0, 0.05) is 35.5 Å². The molecule has 0 aliphatic carbocycles. The summed E-state index contributed by atoms with van der Waals surface area (Å²) >= 11 is 1.81. The topological polar surface area (TPSA) is 55.6 Å². The molecular weight excluding hydrogens is 282 g/mol. The highest BCUT2D eigenvalue weighted by atomic mass is 32.1. The van der Waals surface area contributed by atoms with E-state index in [9.17, 15) is 0 Å². The van der Waals surface area contributed by atoms with Crippen LogP contribution in [0.2, 0.25) is 0 Å². The van der Waals surface area contributed by atoms with Gasteiger partial charge in [0.05, 0.1) is 11.6 Å². The maximum Gasteiger partial charge on any atom is 0.147 e. The van der Waals surface area contributed by atoms with Gasteiger partial charge in [0.25, 0.3) is 0 Å². The van der Waals surface area contributed by atoms with Gasteiger partial charge in [-0.1, -0.05) is 20.8 Å². The minimum Gasteiger partial charge on any atom is -0.307 e. The lowest BCUT2D eigenvalue weighted by Crippen LogP contribution is -2.37. The molecule has 1 atom stereocenters. The molecule has 1 N–H and O–H groups in total. The molecule has 114 valence electrons. The summed E-state index contributed by atoms with van der Waals surface area (Å²) in [5.41, 5.74) is 0.140. The number of hydrogen-bond acceptors (Lipinski definition) is 5. The first kappa shape index (κ1) is 14.7. The second kappa shape index (κ2) is 5.50. The Labute approximate surface area is 129 Å². The molecule has 0 bridgehead atoms. The summed E-state index contributed by atoms with van der Waals surface area (Å²) in [6.07, 6.45) is 4.14. The summed E-state index contributed by atoms with van der Waals surface area (Å²) in [6, 6.07) is 0.471. The maximum absolute atomic E-state index is 4.54. The zero-order valence-corrected chi connectivity index (χ0v) is 14.0. The fourth-order valence-corrected chi connectivity index (χ4v) is 3.50. The molecule has 0 amide bonds. The zero-order valence-electron chi connectivity index (χ0n) is 13.2. The van der Waals surface area contributed by atoms with Gasteiger partial charge >= 0.3 is 0 Å². The van der Waals surface area contributed by atoms with Crippen molar-refractivity contribution in [2.45, 2.75) is 65.1 Å². The molecule has 0 radical (unpaired) electrons. The van der Waals surface area contributed by atoms with E-state index < -0.39 is 0 Å². The Morgan fingerprint density at radius 1 is 1.43 bits per heavy atom. The summed E-state index contributed by atoms with van der Waals surface area (Å²) < 4.78 is 2.05. The van der Waals surface area contributed by atoms with Gasteiger partial charge in [0.2, 0.25) is 0 Å². The van der Waals surface area contributed by atoms with Crippen LogP contribution in [-0.4, -0.2) is 25.8 Å². The number of hydrogen-bond donors (Lipinski definition) is 1. The average molecular weight is 305 g/mol. The van der Waals surface area contributed by atoms with Crippen LogP contribution in [-0.2, 0) is 24.9 Å². The lowest BCUT2D eigenvalue weighted by atomic mass is 9.98. The highest BCUT2D eigenvalue weighted by molar-refractivity contribution is 7.11. The maximum atomic E-state index is 4.54. The van der Waals surface area contributed by atoms with Crippen LogP contribution in [0.1, 0.15) is 48.7 Å². The molecule has 1 aliphatic rings. The minimum atomic E-state index is 0.140. The Kier molecular flexibility index (Phi) is 3.84. The molecule has 0 aromatic carbocycles. The summed E-state index contributed by atoms with van der Waals surface area (Å²) in [6.45, 7) is 10.4. The highest BCUT2D eigenvalue weighted by Crippen LogP contribution is 2.26. The molecule has 3 heterocycles. The van der Waals surface area contributed by atoms with Crippen LogP contribution in [0.15, 0.2) is 6.20 Å². The van der Waals surface area contributed by atoms with Gasteiger partial charge in [-0.05, 0) is 13.3 Å². The number of fused-ring (bicyclic) bond motifs is 1. The Bertz CT molecular complexity index is 622.